The average Bonchev–Trinajstić information content (AvgIpc) is 2.49. The van der Waals surface area contributed by atoms with Crippen molar-refractivity contribution in [3.05, 3.63) is 0 Å². The van der Waals surface area contributed by atoms with Crippen LogP contribution in [0.4, 0.5) is 0 Å². The molecule has 0 spiro atoms. The van der Waals surface area contributed by atoms with Crippen LogP contribution in [0.25, 0.3) is 0 Å². The molecule has 1 N–H and O–H groups in total. The summed E-state index contributed by atoms with van der Waals surface area (Å²) in [6.45, 7) is 0. The maximum absolute atomic E-state index is 11.5. The summed E-state index contributed by atoms with van der Waals surface area (Å²) in [4.78, 5) is 11.5. The van der Waals surface area contributed by atoms with Crippen LogP contribution in [0.15, 0.2) is 0 Å². The third-order valence-electron chi connectivity index (χ3n) is 2.99. The fraction of sp³-hybridized carbons (Fsp3) is 0.900. The molecule has 1 aliphatic heterocycles. The Labute approximate surface area is 83.8 Å². The van der Waals surface area contributed by atoms with Crippen molar-refractivity contribution in [1.82, 2.24) is 5.32 Å². The van der Waals surface area contributed by atoms with Crippen LogP contribution in [0.2, 0.25) is 0 Å². The van der Waals surface area contributed by atoms with Crippen molar-refractivity contribution >= 4 is 17.7 Å². The summed E-state index contributed by atoms with van der Waals surface area (Å²) < 4.78 is 0. The van der Waals surface area contributed by atoms with E-state index < -0.39 is 0 Å². The smallest absolute Gasteiger partial charge is 0.220 e. The van der Waals surface area contributed by atoms with Crippen molar-refractivity contribution in [3.63, 3.8) is 0 Å². The second-order valence-corrected chi connectivity index (χ2v) is 5.28. The lowest BCUT2D eigenvalue weighted by Gasteiger charge is -2.25. The summed E-state index contributed by atoms with van der Waals surface area (Å²) in [6.07, 6.45) is 5.82. The molecule has 0 aromatic heterocycles. The van der Waals surface area contributed by atoms with Crippen molar-refractivity contribution in [2.45, 2.75) is 38.1 Å². The Kier molecular flexibility index (Phi) is 3.14. The van der Waals surface area contributed by atoms with E-state index in [2.05, 4.69) is 5.32 Å². The van der Waals surface area contributed by atoms with Gasteiger partial charge in [0.2, 0.25) is 5.91 Å². The molecular formula is C10H17NOS. The average molecular weight is 199 g/mol. The predicted molar refractivity (Wildman–Crippen MR) is 55.8 cm³/mol. The molecule has 2 rings (SSSR count). The largest absolute Gasteiger partial charge is 0.353 e. The molecule has 2 aliphatic rings. The molecule has 1 aliphatic carbocycles. The van der Waals surface area contributed by atoms with E-state index in [0.717, 1.165) is 12.2 Å². The van der Waals surface area contributed by atoms with Crippen LogP contribution in [0.3, 0.4) is 0 Å². The van der Waals surface area contributed by atoms with Gasteiger partial charge in [0.1, 0.15) is 0 Å². The first-order valence-corrected chi connectivity index (χ1v) is 6.37. The highest BCUT2D eigenvalue weighted by Gasteiger charge is 2.23. The van der Waals surface area contributed by atoms with E-state index in [0.29, 0.717) is 12.0 Å². The molecule has 0 bridgehead atoms. The number of hydrogen-bond donors (Lipinski definition) is 1. The van der Waals surface area contributed by atoms with E-state index in [-0.39, 0.29) is 5.91 Å². The summed E-state index contributed by atoms with van der Waals surface area (Å²) in [5, 5.41) is 3.12. The van der Waals surface area contributed by atoms with Gasteiger partial charge >= 0.3 is 0 Å². The van der Waals surface area contributed by atoms with E-state index in [1.165, 1.54) is 31.4 Å². The molecule has 1 unspecified atom stereocenters. The quantitative estimate of drug-likeness (QED) is 0.751. The van der Waals surface area contributed by atoms with Gasteiger partial charge in [0, 0.05) is 18.2 Å². The van der Waals surface area contributed by atoms with Crippen LogP contribution >= 0.6 is 11.8 Å². The Morgan fingerprint density at radius 1 is 1.38 bits per heavy atom. The highest BCUT2D eigenvalue weighted by Crippen LogP contribution is 2.29. The highest BCUT2D eigenvalue weighted by molar-refractivity contribution is 7.99. The number of nitrogens with one attached hydrogen (secondary N) is 1. The Balaban J connectivity index is 1.64. The fourth-order valence-electron chi connectivity index (χ4n) is 1.89. The lowest BCUT2D eigenvalue weighted by molar-refractivity contribution is -0.123. The standard InChI is InChI=1S/C10H17NOS/c12-10(6-8-2-1-3-8)11-9-4-5-13-7-9/h8-9H,1-7H2,(H,11,12). The van der Waals surface area contributed by atoms with Crippen LogP contribution in [0.5, 0.6) is 0 Å². The van der Waals surface area contributed by atoms with E-state index in [1.54, 1.807) is 0 Å². The van der Waals surface area contributed by atoms with Crippen molar-refractivity contribution in [3.8, 4) is 0 Å². The molecule has 74 valence electrons. The zero-order valence-electron chi connectivity index (χ0n) is 7.92. The second-order valence-electron chi connectivity index (χ2n) is 4.13. The van der Waals surface area contributed by atoms with Crippen molar-refractivity contribution in [2.75, 3.05) is 11.5 Å². The molecule has 0 radical (unpaired) electrons. The van der Waals surface area contributed by atoms with E-state index in [1.807, 2.05) is 11.8 Å². The Morgan fingerprint density at radius 3 is 2.77 bits per heavy atom. The van der Waals surface area contributed by atoms with Gasteiger partial charge in [-0.3, -0.25) is 4.79 Å². The number of rotatable bonds is 3. The molecule has 13 heavy (non-hydrogen) atoms. The number of carbonyl (C=O) groups is 1. The van der Waals surface area contributed by atoms with Gasteiger partial charge < -0.3 is 5.32 Å². The molecule has 3 heteroatoms. The van der Waals surface area contributed by atoms with Crippen LogP contribution in [0.1, 0.15) is 32.1 Å². The van der Waals surface area contributed by atoms with E-state index in [4.69, 9.17) is 0 Å². The maximum atomic E-state index is 11.5. The molecule has 1 amide bonds. The van der Waals surface area contributed by atoms with Crippen LogP contribution in [-0.4, -0.2) is 23.5 Å². The fourth-order valence-corrected chi connectivity index (χ4v) is 3.05. The summed E-state index contributed by atoms with van der Waals surface area (Å²) in [5.41, 5.74) is 0. The Morgan fingerprint density at radius 2 is 2.23 bits per heavy atom. The van der Waals surface area contributed by atoms with Crippen LogP contribution in [0, 0.1) is 5.92 Å². The van der Waals surface area contributed by atoms with Gasteiger partial charge in [-0.2, -0.15) is 11.8 Å². The number of carbonyl (C=O) groups excluding carboxylic acids is 1. The van der Waals surface area contributed by atoms with Gasteiger partial charge in [0.05, 0.1) is 0 Å². The lowest BCUT2D eigenvalue weighted by atomic mass is 9.83. The summed E-state index contributed by atoms with van der Waals surface area (Å²) in [6, 6.07) is 0.470. The van der Waals surface area contributed by atoms with Crippen molar-refractivity contribution in [2.24, 2.45) is 5.92 Å². The van der Waals surface area contributed by atoms with Gasteiger partial charge in [0.15, 0.2) is 0 Å². The number of amides is 1. The Hall–Kier alpha value is -0.180. The minimum atomic E-state index is 0.289. The molecular weight excluding hydrogens is 182 g/mol. The monoisotopic (exact) mass is 199 g/mol. The summed E-state index contributed by atoms with van der Waals surface area (Å²) >= 11 is 1.95. The first-order chi connectivity index (χ1) is 6.34. The predicted octanol–water partition coefficient (Wildman–Crippen LogP) is 1.80. The molecule has 1 atom stereocenters. The topological polar surface area (TPSA) is 29.1 Å². The van der Waals surface area contributed by atoms with Crippen LogP contribution < -0.4 is 5.32 Å². The third-order valence-corrected chi connectivity index (χ3v) is 4.16. The van der Waals surface area contributed by atoms with Gasteiger partial charge in [0.25, 0.3) is 0 Å². The number of thioether (sulfide) groups is 1. The molecule has 2 nitrogen and oxygen atoms in total. The first kappa shape index (κ1) is 9.38. The minimum absolute atomic E-state index is 0.289. The third kappa shape index (κ3) is 2.63. The maximum Gasteiger partial charge on any atom is 0.220 e. The number of hydrogen-bond acceptors (Lipinski definition) is 2. The molecule has 2 fully saturated rings. The molecule has 0 aromatic rings. The summed E-state index contributed by atoms with van der Waals surface area (Å²) in [7, 11) is 0. The summed E-state index contributed by atoms with van der Waals surface area (Å²) in [5.74, 6) is 3.33. The molecule has 1 saturated heterocycles. The highest BCUT2D eigenvalue weighted by atomic mass is 32.2. The van der Waals surface area contributed by atoms with Gasteiger partial charge in [-0.15, -0.1) is 0 Å². The normalized spacial score (nSPS) is 28.5. The van der Waals surface area contributed by atoms with Gasteiger partial charge in [-0.1, -0.05) is 6.42 Å². The van der Waals surface area contributed by atoms with Crippen molar-refractivity contribution < 1.29 is 4.79 Å². The van der Waals surface area contributed by atoms with Crippen LogP contribution in [-0.2, 0) is 4.79 Å². The van der Waals surface area contributed by atoms with E-state index >= 15 is 0 Å². The SMILES string of the molecule is O=C(CC1CCC1)NC1CCSC1. The Bertz CT molecular complexity index is 185. The van der Waals surface area contributed by atoms with Gasteiger partial charge in [-0.05, 0) is 30.9 Å². The molecule has 0 aromatic carbocycles. The lowest BCUT2D eigenvalue weighted by Crippen LogP contribution is -2.36. The van der Waals surface area contributed by atoms with Gasteiger partial charge in [-0.25, -0.2) is 0 Å². The first-order valence-electron chi connectivity index (χ1n) is 5.21. The van der Waals surface area contributed by atoms with Crippen molar-refractivity contribution in [1.29, 1.82) is 0 Å². The second kappa shape index (κ2) is 4.36. The van der Waals surface area contributed by atoms with E-state index in [9.17, 15) is 4.79 Å². The minimum Gasteiger partial charge on any atom is -0.353 e. The zero-order valence-corrected chi connectivity index (χ0v) is 8.74. The molecule has 1 saturated carbocycles. The zero-order chi connectivity index (χ0) is 9.10. The molecule has 1 heterocycles.